The smallest absolute Gasteiger partial charge is 0.134 e. The van der Waals surface area contributed by atoms with Gasteiger partial charge in [0.1, 0.15) is 29.6 Å². The fraction of sp³-hybridized carbons (Fsp3) is 0.0667. The molecule has 1 aliphatic rings. The monoisotopic (exact) mass is 256 g/mol. The standard InChI is InChI=1S/C15H12O4/c16-11-3-1-2-9(4-11)10-5-13-14(18)6-12(17)7-15(13)19-8-10/h1-7,16-18H,8H2. The van der Waals surface area contributed by atoms with Crippen LogP contribution in [0.15, 0.2) is 36.4 Å². The summed E-state index contributed by atoms with van der Waals surface area (Å²) >= 11 is 0. The van der Waals surface area contributed by atoms with Gasteiger partial charge in [0, 0.05) is 12.1 Å². The van der Waals surface area contributed by atoms with Crippen molar-refractivity contribution in [2.24, 2.45) is 0 Å². The van der Waals surface area contributed by atoms with Gasteiger partial charge in [0.25, 0.3) is 0 Å². The Hall–Kier alpha value is -2.62. The maximum atomic E-state index is 9.82. The van der Waals surface area contributed by atoms with Gasteiger partial charge in [0.2, 0.25) is 0 Å². The van der Waals surface area contributed by atoms with Gasteiger partial charge >= 0.3 is 0 Å². The fourth-order valence-corrected chi connectivity index (χ4v) is 2.11. The number of phenolic OH excluding ortho intramolecular Hbond substituents is 3. The van der Waals surface area contributed by atoms with Crippen LogP contribution in [0, 0.1) is 0 Å². The molecule has 0 amide bonds. The number of fused-ring (bicyclic) bond motifs is 1. The van der Waals surface area contributed by atoms with E-state index in [9.17, 15) is 15.3 Å². The highest BCUT2D eigenvalue weighted by Crippen LogP contribution is 2.39. The second kappa shape index (κ2) is 4.24. The highest BCUT2D eigenvalue weighted by atomic mass is 16.5. The van der Waals surface area contributed by atoms with Crippen LogP contribution >= 0.6 is 0 Å². The van der Waals surface area contributed by atoms with E-state index in [0.29, 0.717) is 17.9 Å². The molecule has 0 fully saturated rings. The Bertz CT molecular complexity index is 674. The summed E-state index contributed by atoms with van der Waals surface area (Å²) in [6, 6.07) is 9.57. The minimum Gasteiger partial charge on any atom is -0.508 e. The van der Waals surface area contributed by atoms with E-state index in [1.54, 1.807) is 24.3 Å². The Kier molecular flexibility index (Phi) is 2.56. The first-order chi connectivity index (χ1) is 9.13. The molecule has 1 aliphatic heterocycles. The second-order valence-corrected chi connectivity index (χ2v) is 4.39. The molecule has 0 atom stereocenters. The molecule has 19 heavy (non-hydrogen) atoms. The number of ether oxygens (including phenoxy) is 1. The molecular weight excluding hydrogens is 244 g/mol. The quantitative estimate of drug-likeness (QED) is 0.733. The molecule has 4 nitrogen and oxygen atoms in total. The van der Waals surface area contributed by atoms with E-state index in [1.165, 1.54) is 12.1 Å². The van der Waals surface area contributed by atoms with Crippen LogP contribution in [0.2, 0.25) is 0 Å². The van der Waals surface area contributed by atoms with Crippen LogP contribution in [-0.4, -0.2) is 21.9 Å². The van der Waals surface area contributed by atoms with Crippen LogP contribution in [-0.2, 0) is 0 Å². The van der Waals surface area contributed by atoms with Gasteiger partial charge in [-0.3, -0.25) is 0 Å². The van der Waals surface area contributed by atoms with Gasteiger partial charge in [-0.25, -0.2) is 0 Å². The first-order valence-corrected chi connectivity index (χ1v) is 5.82. The van der Waals surface area contributed by atoms with Gasteiger partial charge in [-0.05, 0) is 29.3 Å². The number of benzene rings is 2. The summed E-state index contributed by atoms with van der Waals surface area (Å²) in [5.74, 6) is 0.554. The van der Waals surface area contributed by atoms with Crippen molar-refractivity contribution in [3.63, 3.8) is 0 Å². The summed E-state index contributed by atoms with van der Waals surface area (Å²) in [5, 5.41) is 28.7. The Morgan fingerprint density at radius 1 is 0.947 bits per heavy atom. The first-order valence-electron chi connectivity index (χ1n) is 5.82. The van der Waals surface area contributed by atoms with Gasteiger partial charge in [0.05, 0.1) is 5.56 Å². The van der Waals surface area contributed by atoms with Crippen molar-refractivity contribution in [3.8, 4) is 23.0 Å². The molecule has 0 saturated carbocycles. The zero-order chi connectivity index (χ0) is 13.4. The number of hydrogen-bond donors (Lipinski definition) is 3. The molecule has 0 aliphatic carbocycles. The van der Waals surface area contributed by atoms with Crippen LogP contribution in [0.5, 0.6) is 23.0 Å². The lowest BCUT2D eigenvalue weighted by Crippen LogP contribution is -2.06. The molecule has 0 spiro atoms. The van der Waals surface area contributed by atoms with Crippen molar-refractivity contribution >= 4 is 11.6 Å². The minimum absolute atomic E-state index is 0.0349. The van der Waals surface area contributed by atoms with Crippen molar-refractivity contribution in [1.82, 2.24) is 0 Å². The predicted octanol–water partition coefficient (Wildman–Crippen LogP) is 2.74. The highest BCUT2D eigenvalue weighted by molar-refractivity contribution is 5.87. The van der Waals surface area contributed by atoms with E-state index in [-0.39, 0.29) is 17.2 Å². The molecule has 3 rings (SSSR count). The number of aromatic hydroxyl groups is 3. The average molecular weight is 256 g/mol. The third-order valence-corrected chi connectivity index (χ3v) is 3.02. The van der Waals surface area contributed by atoms with Crippen LogP contribution in [0.4, 0.5) is 0 Å². The lowest BCUT2D eigenvalue weighted by atomic mass is 10.00. The van der Waals surface area contributed by atoms with E-state index in [0.717, 1.165) is 11.1 Å². The Morgan fingerprint density at radius 2 is 1.79 bits per heavy atom. The average Bonchev–Trinajstić information content (AvgIpc) is 2.38. The highest BCUT2D eigenvalue weighted by Gasteiger charge is 2.17. The van der Waals surface area contributed by atoms with Crippen molar-refractivity contribution < 1.29 is 20.1 Å². The van der Waals surface area contributed by atoms with Crippen LogP contribution in [0.25, 0.3) is 11.6 Å². The Labute approximate surface area is 109 Å². The molecule has 0 bridgehead atoms. The Morgan fingerprint density at radius 3 is 2.58 bits per heavy atom. The zero-order valence-electron chi connectivity index (χ0n) is 10.00. The minimum atomic E-state index is -0.0366. The summed E-state index contributed by atoms with van der Waals surface area (Å²) < 4.78 is 5.52. The van der Waals surface area contributed by atoms with Gasteiger partial charge in [0.15, 0.2) is 0 Å². The lowest BCUT2D eigenvalue weighted by Gasteiger charge is -2.19. The fourth-order valence-electron chi connectivity index (χ4n) is 2.11. The molecular formula is C15H12O4. The molecule has 2 aromatic rings. The SMILES string of the molecule is Oc1cccc(C2=Cc3c(O)cc(O)cc3OC2)c1. The van der Waals surface area contributed by atoms with Crippen LogP contribution in [0.3, 0.4) is 0 Å². The summed E-state index contributed by atoms with van der Waals surface area (Å²) in [6.45, 7) is 0.319. The largest absolute Gasteiger partial charge is 0.508 e. The molecule has 96 valence electrons. The van der Waals surface area contributed by atoms with Gasteiger partial charge in [-0.1, -0.05) is 12.1 Å². The summed E-state index contributed by atoms with van der Waals surface area (Å²) in [5.41, 5.74) is 2.21. The van der Waals surface area contributed by atoms with Crippen molar-refractivity contribution in [3.05, 3.63) is 47.5 Å². The third-order valence-electron chi connectivity index (χ3n) is 3.02. The van der Waals surface area contributed by atoms with E-state index in [4.69, 9.17) is 4.74 Å². The first kappa shape index (κ1) is 11.5. The topological polar surface area (TPSA) is 69.9 Å². The van der Waals surface area contributed by atoms with Gasteiger partial charge in [-0.2, -0.15) is 0 Å². The van der Waals surface area contributed by atoms with E-state index in [2.05, 4.69) is 0 Å². The molecule has 0 saturated heterocycles. The molecule has 0 unspecified atom stereocenters. The molecule has 4 heteroatoms. The molecule has 0 radical (unpaired) electrons. The van der Waals surface area contributed by atoms with Crippen molar-refractivity contribution in [2.75, 3.05) is 6.61 Å². The van der Waals surface area contributed by atoms with Gasteiger partial charge < -0.3 is 20.1 Å². The van der Waals surface area contributed by atoms with E-state index >= 15 is 0 Å². The summed E-state index contributed by atoms with van der Waals surface area (Å²) in [6.07, 6.45) is 1.79. The maximum absolute atomic E-state index is 9.82. The van der Waals surface area contributed by atoms with Crippen LogP contribution in [0.1, 0.15) is 11.1 Å². The Balaban J connectivity index is 2.09. The van der Waals surface area contributed by atoms with Crippen molar-refractivity contribution in [2.45, 2.75) is 0 Å². The van der Waals surface area contributed by atoms with E-state index in [1.807, 2.05) is 6.07 Å². The maximum Gasteiger partial charge on any atom is 0.134 e. The number of phenols is 3. The molecule has 2 aromatic carbocycles. The number of rotatable bonds is 1. The summed E-state index contributed by atoms with van der Waals surface area (Å²) in [7, 11) is 0. The lowest BCUT2D eigenvalue weighted by molar-refractivity contribution is 0.356. The molecule has 1 heterocycles. The third kappa shape index (κ3) is 2.08. The van der Waals surface area contributed by atoms with E-state index < -0.39 is 0 Å². The summed E-state index contributed by atoms with van der Waals surface area (Å²) in [4.78, 5) is 0. The zero-order valence-corrected chi connectivity index (χ0v) is 10.00. The number of hydrogen-bond acceptors (Lipinski definition) is 4. The molecule has 0 aromatic heterocycles. The van der Waals surface area contributed by atoms with Crippen molar-refractivity contribution in [1.29, 1.82) is 0 Å². The molecule has 3 N–H and O–H groups in total. The predicted molar refractivity (Wildman–Crippen MR) is 71.2 cm³/mol. The second-order valence-electron chi connectivity index (χ2n) is 4.39. The normalized spacial score (nSPS) is 13.4. The van der Waals surface area contributed by atoms with Gasteiger partial charge in [-0.15, -0.1) is 0 Å². The van der Waals surface area contributed by atoms with Crippen LogP contribution < -0.4 is 4.74 Å².